The zero-order chi connectivity index (χ0) is 10.3. The number of hydrogen-bond donors (Lipinski definition) is 1. The molecule has 1 aliphatic rings. The molecule has 0 spiro atoms. The molecule has 1 N–H and O–H groups in total. The molecular weight excluding hydrogens is 232 g/mol. The van der Waals surface area contributed by atoms with Crippen molar-refractivity contribution in [2.24, 2.45) is 16.7 Å². The first-order chi connectivity index (χ1) is 5.86. The number of hydrogen-bond acceptors (Lipinski definition) is 1. The van der Waals surface area contributed by atoms with Gasteiger partial charge < -0.3 is 5.11 Å². The van der Waals surface area contributed by atoms with Gasteiger partial charge in [0.05, 0.1) is 5.41 Å². The summed E-state index contributed by atoms with van der Waals surface area (Å²) in [7, 11) is 0. The Bertz CT molecular complexity index is 225. The molecule has 0 amide bonds. The minimum Gasteiger partial charge on any atom is -0.481 e. The molecule has 0 radical (unpaired) electrons. The lowest BCUT2D eigenvalue weighted by molar-refractivity contribution is -0.154. The number of carboxylic acid groups (broad SMARTS) is 1. The molecule has 0 unspecified atom stereocenters. The summed E-state index contributed by atoms with van der Waals surface area (Å²) in [5, 5.41) is 10.1. The fourth-order valence-corrected chi connectivity index (χ4v) is 3.38. The van der Waals surface area contributed by atoms with E-state index in [1.54, 1.807) is 0 Å². The Kier molecular flexibility index (Phi) is 2.77. The highest BCUT2D eigenvalue weighted by molar-refractivity contribution is 9.09. The lowest BCUT2D eigenvalue weighted by Crippen LogP contribution is -2.40. The Balaban J connectivity index is 2.99. The van der Waals surface area contributed by atoms with E-state index in [0.717, 1.165) is 18.2 Å². The predicted octanol–water partition coefficient (Wildman–Crippen LogP) is 2.91. The Hall–Kier alpha value is -0.0500. The molecular formula is C10H17BrO2. The molecule has 13 heavy (non-hydrogen) atoms. The van der Waals surface area contributed by atoms with Gasteiger partial charge in [-0.3, -0.25) is 4.79 Å². The van der Waals surface area contributed by atoms with Crippen molar-refractivity contribution in [3.63, 3.8) is 0 Å². The van der Waals surface area contributed by atoms with Gasteiger partial charge in [0.2, 0.25) is 0 Å². The molecule has 1 saturated carbocycles. The van der Waals surface area contributed by atoms with Crippen LogP contribution in [-0.4, -0.2) is 16.4 Å². The lowest BCUT2D eigenvalue weighted by atomic mass is 9.66. The molecule has 1 aliphatic carbocycles. The second kappa shape index (κ2) is 3.26. The highest BCUT2D eigenvalue weighted by Gasteiger charge is 2.55. The first-order valence-corrected chi connectivity index (χ1v) is 5.78. The lowest BCUT2D eigenvalue weighted by Gasteiger charge is -2.37. The van der Waals surface area contributed by atoms with Crippen LogP contribution in [0.15, 0.2) is 0 Å². The maximum Gasteiger partial charge on any atom is 0.309 e. The molecule has 0 aliphatic heterocycles. The third-order valence-electron chi connectivity index (χ3n) is 4.09. The van der Waals surface area contributed by atoms with E-state index in [9.17, 15) is 9.90 Å². The molecule has 3 heteroatoms. The topological polar surface area (TPSA) is 37.3 Å². The van der Waals surface area contributed by atoms with Crippen LogP contribution in [0.1, 0.15) is 33.6 Å². The molecule has 0 aromatic rings. The second-order valence-electron chi connectivity index (χ2n) is 4.75. The fourth-order valence-electron chi connectivity index (χ4n) is 2.25. The highest BCUT2D eigenvalue weighted by Crippen LogP contribution is 2.56. The summed E-state index contributed by atoms with van der Waals surface area (Å²) in [6.45, 7) is 6.01. The van der Waals surface area contributed by atoms with Crippen LogP contribution >= 0.6 is 15.9 Å². The fraction of sp³-hybridized carbons (Fsp3) is 0.900. The molecule has 0 bridgehead atoms. The monoisotopic (exact) mass is 248 g/mol. The van der Waals surface area contributed by atoms with E-state index in [-0.39, 0.29) is 5.41 Å². The molecule has 0 heterocycles. The van der Waals surface area contributed by atoms with Crippen LogP contribution in [0.5, 0.6) is 0 Å². The largest absolute Gasteiger partial charge is 0.481 e. The quantitative estimate of drug-likeness (QED) is 0.764. The van der Waals surface area contributed by atoms with Crippen molar-refractivity contribution in [3.8, 4) is 0 Å². The standard InChI is InChI=1S/C10H17BrO2/c1-9(2)7(6-11)4-5-10(9,3)8(12)13/h7H,4-6H2,1-3H3,(H,12,13)/t7-,10-/m0/s1. The van der Waals surface area contributed by atoms with Crippen molar-refractivity contribution >= 4 is 21.9 Å². The van der Waals surface area contributed by atoms with Crippen LogP contribution in [0.2, 0.25) is 0 Å². The van der Waals surface area contributed by atoms with Gasteiger partial charge in [0.1, 0.15) is 0 Å². The van der Waals surface area contributed by atoms with Crippen LogP contribution in [-0.2, 0) is 4.79 Å². The average molecular weight is 249 g/mol. The third kappa shape index (κ3) is 1.41. The third-order valence-corrected chi connectivity index (χ3v) is 4.88. The first-order valence-electron chi connectivity index (χ1n) is 4.65. The van der Waals surface area contributed by atoms with Crippen molar-refractivity contribution in [3.05, 3.63) is 0 Å². The van der Waals surface area contributed by atoms with Gasteiger partial charge >= 0.3 is 5.97 Å². The summed E-state index contributed by atoms with van der Waals surface area (Å²) in [6, 6.07) is 0. The zero-order valence-electron chi connectivity index (χ0n) is 8.43. The molecule has 2 nitrogen and oxygen atoms in total. The Morgan fingerprint density at radius 3 is 2.31 bits per heavy atom. The number of rotatable bonds is 2. The van der Waals surface area contributed by atoms with Crippen LogP contribution in [0.3, 0.4) is 0 Å². The van der Waals surface area contributed by atoms with Crippen molar-refractivity contribution in [2.75, 3.05) is 5.33 Å². The number of alkyl halides is 1. The van der Waals surface area contributed by atoms with E-state index >= 15 is 0 Å². The van der Waals surface area contributed by atoms with Crippen LogP contribution in [0.4, 0.5) is 0 Å². The van der Waals surface area contributed by atoms with Gasteiger partial charge in [0, 0.05) is 5.33 Å². The minimum atomic E-state index is -0.652. The molecule has 1 fully saturated rings. The number of aliphatic carboxylic acids is 1. The maximum atomic E-state index is 11.2. The summed E-state index contributed by atoms with van der Waals surface area (Å²) in [6.07, 6.45) is 1.81. The molecule has 0 aromatic carbocycles. The molecule has 76 valence electrons. The smallest absolute Gasteiger partial charge is 0.309 e. The normalized spacial score (nSPS) is 37.7. The van der Waals surface area contributed by atoms with Gasteiger partial charge in [-0.1, -0.05) is 29.8 Å². The minimum absolute atomic E-state index is 0.109. The van der Waals surface area contributed by atoms with Gasteiger partial charge in [-0.15, -0.1) is 0 Å². The van der Waals surface area contributed by atoms with Gasteiger partial charge in [-0.2, -0.15) is 0 Å². The van der Waals surface area contributed by atoms with E-state index in [1.807, 2.05) is 6.92 Å². The van der Waals surface area contributed by atoms with E-state index in [4.69, 9.17) is 0 Å². The van der Waals surface area contributed by atoms with E-state index in [0.29, 0.717) is 5.92 Å². The van der Waals surface area contributed by atoms with Crippen LogP contribution in [0, 0.1) is 16.7 Å². The summed E-state index contributed by atoms with van der Waals surface area (Å²) in [5.74, 6) is -0.172. The number of halogens is 1. The van der Waals surface area contributed by atoms with Gasteiger partial charge in [0.15, 0.2) is 0 Å². The van der Waals surface area contributed by atoms with E-state index < -0.39 is 11.4 Å². The Morgan fingerprint density at radius 1 is 1.54 bits per heavy atom. The van der Waals surface area contributed by atoms with E-state index in [1.165, 1.54) is 0 Å². The molecule has 0 saturated heterocycles. The number of carbonyl (C=O) groups is 1. The van der Waals surface area contributed by atoms with Crippen LogP contribution < -0.4 is 0 Å². The van der Waals surface area contributed by atoms with Crippen molar-refractivity contribution in [2.45, 2.75) is 33.6 Å². The summed E-state index contributed by atoms with van der Waals surface area (Å²) in [4.78, 5) is 11.2. The number of carboxylic acids is 1. The molecule has 1 rings (SSSR count). The van der Waals surface area contributed by atoms with Crippen molar-refractivity contribution < 1.29 is 9.90 Å². The Labute approximate surface area is 87.8 Å². The van der Waals surface area contributed by atoms with E-state index in [2.05, 4.69) is 29.8 Å². The summed E-state index contributed by atoms with van der Waals surface area (Å²) < 4.78 is 0. The van der Waals surface area contributed by atoms with Crippen molar-refractivity contribution in [1.29, 1.82) is 0 Å². The average Bonchev–Trinajstić information content (AvgIpc) is 2.25. The van der Waals surface area contributed by atoms with Crippen molar-refractivity contribution in [1.82, 2.24) is 0 Å². The Morgan fingerprint density at radius 2 is 2.08 bits per heavy atom. The van der Waals surface area contributed by atoms with Crippen LogP contribution in [0.25, 0.3) is 0 Å². The van der Waals surface area contributed by atoms with Gasteiger partial charge in [0.25, 0.3) is 0 Å². The van der Waals surface area contributed by atoms with Gasteiger partial charge in [-0.25, -0.2) is 0 Å². The predicted molar refractivity (Wildman–Crippen MR) is 56.0 cm³/mol. The zero-order valence-corrected chi connectivity index (χ0v) is 10.0. The SMILES string of the molecule is CC1(C)[C@H](CBr)CC[C@@]1(C)C(=O)O. The first kappa shape index (κ1) is 11.0. The second-order valence-corrected chi connectivity index (χ2v) is 5.40. The maximum absolute atomic E-state index is 11.2. The summed E-state index contributed by atoms with van der Waals surface area (Å²) >= 11 is 3.46. The molecule has 2 atom stereocenters. The summed E-state index contributed by atoms with van der Waals surface area (Å²) in [5.41, 5.74) is -0.659. The molecule has 0 aromatic heterocycles. The van der Waals surface area contributed by atoms with Gasteiger partial charge in [-0.05, 0) is 31.1 Å². The highest BCUT2D eigenvalue weighted by atomic mass is 79.9.